The van der Waals surface area contributed by atoms with Gasteiger partial charge in [0.1, 0.15) is 0 Å². The number of rotatable bonds is 1. The van der Waals surface area contributed by atoms with E-state index in [0.717, 1.165) is 19.5 Å². The van der Waals surface area contributed by atoms with Gasteiger partial charge in [-0.2, -0.15) is 0 Å². The molecule has 1 aromatic carbocycles. The van der Waals surface area contributed by atoms with Crippen molar-refractivity contribution in [3.05, 3.63) is 24.3 Å². The van der Waals surface area contributed by atoms with Crippen LogP contribution in [0.4, 0.5) is 11.4 Å². The molecule has 0 radical (unpaired) electrons. The molecule has 0 aromatic heterocycles. The van der Waals surface area contributed by atoms with Crippen LogP contribution in [0, 0.1) is 0 Å². The summed E-state index contributed by atoms with van der Waals surface area (Å²) in [6, 6.07) is 8.97. The Kier molecular flexibility index (Phi) is 2.82. The number of anilines is 2. The molecule has 3 nitrogen and oxygen atoms in total. The Labute approximate surface area is 91.5 Å². The van der Waals surface area contributed by atoms with Crippen molar-refractivity contribution in [3.63, 3.8) is 0 Å². The molecule has 2 rings (SSSR count). The van der Waals surface area contributed by atoms with E-state index in [9.17, 15) is 0 Å². The molecule has 1 unspecified atom stereocenters. The van der Waals surface area contributed by atoms with Crippen LogP contribution in [0.2, 0.25) is 0 Å². The fourth-order valence-electron chi connectivity index (χ4n) is 2.21. The summed E-state index contributed by atoms with van der Waals surface area (Å²) in [5.41, 5.74) is 8.39. The van der Waals surface area contributed by atoms with Gasteiger partial charge in [-0.25, -0.2) is 0 Å². The highest BCUT2D eigenvalue weighted by Gasteiger charge is 2.21. The van der Waals surface area contributed by atoms with E-state index in [1.807, 2.05) is 0 Å². The third-order valence-electron chi connectivity index (χ3n) is 3.29. The number of nitrogens with zero attached hydrogens (tertiary/aromatic N) is 2. The van der Waals surface area contributed by atoms with Crippen molar-refractivity contribution in [1.82, 2.24) is 0 Å². The average Bonchev–Trinajstić information content (AvgIpc) is 2.39. The van der Waals surface area contributed by atoms with Gasteiger partial charge in [-0.05, 0) is 18.6 Å². The van der Waals surface area contributed by atoms with Crippen molar-refractivity contribution in [2.75, 3.05) is 37.0 Å². The second-order valence-corrected chi connectivity index (χ2v) is 4.20. The molecular weight excluding hydrogens is 186 g/mol. The van der Waals surface area contributed by atoms with Gasteiger partial charge in [0.25, 0.3) is 0 Å². The van der Waals surface area contributed by atoms with E-state index in [4.69, 9.17) is 5.73 Å². The van der Waals surface area contributed by atoms with Gasteiger partial charge in [0.05, 0.1) is 11.4 Å². The molecule has 15 heavy (non-hydrogen) atoms. The maximum absolute atomic E-state index is 5.81. The lowest BCUT2D eigenvalue weighted by Gasteiger charge is -2.27. The van der Waals surface area contributed by atoms with Crippen LogP contribution in [0.5, 0.6) is 0 Å². The molecule has 0 amide bonds. The number of hydrogen-bond donors (Lipinski definition) is 1. The highest BCUT2D eigenvalue weighted by molar-refractivity contribution is 5.71. The first kappa shape index (κ1) is 10.3. The number of para-hydroxylation sites is 2. The maximum Gasteiger partial charge on any atom is 0.0604 e. The summed E-state index contributed by atoms with van der Waals surface area (Å²) in [6.07, 6.45) is 1.12. The Morgan fingerprint density at radius 2 is 1.93 bits per heavy atom. The second-order valence-electron chi connectivity index (χ2n) is 4.20. The summed E-state index contributed by atoms with van der Waals surface area (Å²) in [6.45, 7) is 1.79. The molecule has 1 aliphatic rings. The molecule has 82 valence electrons. The topological polar surface area (TPSA) is 32.5 Å². The summed E-state index contributed by atoms with van der Waals surface area (Å²) in [5, 5.41) is 0. The lowest BCUT2D eigenvalue weighted by Crippen LogP contribution is -2.37. The lowest BCUT2D eigenvalue weighted by molar-refractivity contribution is 0.601. The molecule has 0 bridgehead atoms. The number of benzene rings is 1. The summed E-state index contributed by atoms with van der Waals surface area (Å²) >= 11 is 0. The maximum atomic E-state index is 5.81. The molecule has 0 aliphatic carbocycles. The molecule has 0 fully saturated rings. The second kappa shape index (κ2) is 4.11. The van der Waals surface area contributed by atoms with Gasteiger partial charge < -0.3 is 15.5 Å². The van der Waals surface area contributed by atoms with E-state index in [2.05, 4.69) is 48.2 Å². The average molecular weight is 205 g/mol. The number of nitrogens with two attached hydrogens (primary N) is 1. The van der Waals surface area contributed by atoms with Gasteiger partial charge in [0.15, 0.2) is 0 Å². The van der Waals surface area contributed by atoms with Crippen LogP contribution in [0.1, 0.15) is 6.42 Å². The van der Waals surface area contributed by atoms with Crippen molar-refractivity contribution < 1.29 is 0 Å². The minimum Gasteiger partial charge on any atom is -0.373 e. The predicted octanol–water partition coefficient (Wildman–Crippen LogP) is 1.29. The molecule has 1 aromatic rings. The lowest BCUT2D eigenvalue weighted by atomic mass is 10.2. The fraction of sp³-hybridized carbons (Fsp3) is 0.500. The highest BCUT2D eigenvalue weighted by atomic mass is 15.2. The van der Waals surface area contributed by atoms with E-state index < -0.39 is 0 Å². The van der Waals surface area contributed by atoms with Crippen LogP contribution in [0.25, 0.3) is 0 Å². The van der Waals surface area contributed by atoms with Crippen LogP contribution >= 0.6 is 0 Å². The van der Waals surface area contributed by atoms with E-state index in [1.165, 1.54) is 11.4 Å². The normalized spacial score (nSPS) is 21.1. The monoisotopic (exact) mass is 205 g/mol. The van der Waals surface area contributed by atoms with E-state index in [-0.39, 0.29) is 0 Å². The van der Waals surface area contributed by atoms with Crippen LogP contribution in [-0.2, 0) is 0 Å². The van der Waals surface area contributed by atoms with E-state index in [1.54, 1.807) is 0 Å². The Morgan fingerprint density at radius 1 is 1.27 bits per heavy atom. The minimum atomic E-state index is 0.455. The van der Waals surface area contributed by atoms with Crippen LogP contribution in [-0.4, -0.2) is 33.2 Å². The van der Waals surface area contributed by atoms with Gasteiger partial charge in [0.2, 0.25) is 0 Å². The minimum absolute atomic E-state index is 0.455. The van der Waals surface area contributed by atoms with Crippen molar-refractivity contribution in [2.45, 2.75) is 12.5 Å². The van der Waals surface area contributed by atoms with Gasteiger partial charge in [-0.3, -0.25) is 0 Å². The zero-order valence-corrected chi connectivity index (χ0v) is 9.48. The van der Waals surface area contributed by atoms with Crippen molar-refractivity contribution >= 4 is 11.4 Å². The molecule has 0 saturated carbocycles. The molecule has 1 atom stereocenters. The van der Waals surface area contributed by atoms with E-state index in [0.29, 0.717) is 6.04 Å². The van der Waals surface area contributed by atoms with Gasteiger partial charge in [0, 0.05) is 33.2 Å². The number of fused-ring (bicyclic) bond motifs is 1. The molecular formula is C12H19N3. The fourth-order valence-corrected chi connectivity index (χ4v) is 2.21. The summed E-state index contributed by atoms with van der Waals surface area (Å²) < 4.78 is 0. The molecule has 2 N–H and O–H groups in total. The van der Waals surface area contributed by atoms with Gasteiger partial charge in [-0.15, -0.1) is 0 Å². The first-order chi connectivity index (χ1) is 7.24. The Morgan fingerprint density at radius 3 is 2.60 bits per heavy atom. The third-order valence-corrected chi connectivity index (χ3v) is 3.29. The molecule has 1 aliphatic heterocycles. The largest absolute Gasteiger partial charge is 0.373 e. The first-order valence-electron chi connectivity index (χ1n) is 5.47. The van der Waals surface area contributed by atoms with E-state index >= 15 is 0 Å². The standard InChI is InChI=1S/C12H19N3/c1-14-8-7-10(9-13)15(2)12-6-4-3-5-11(12)14/h3-6,10H,7-9,13H2,1-2H3. The summed E-state index contributed by atoms with van der Waals surface area (Å²) in [7, 11) is 4.28. The van der Waals surface area contributed by atoms with Gasteiger partial charge in [-0.1, -0.05) is 12.1 Å². The molecule has 3 heteroatoms. The number of hydrogen-bond acceptors (Lipinski definition) is 3. The third kappa shape index (κ3) is 1.79. The zero-order chi connectivity index (χ0) is 10.8. The predicted molar refractivity (Wildman–Crippen MR) is 65.6 cm³/mol. The summed E-state index contributed by atoms with van der Waals surface area (Å²) in [5.74, 6) is 0. The van der Waals surface area contributed by atoms with Crippen molar-refractivity contribution in [3.8, 4) is 0 Å². The smallest absolute Gasteiger partial charge is 0.0604 e. The first-order valence-corrected chi connectivity index (χ1v) is 5.47. The Bertz CT molecular complexity index is 337. The molecule has 1 heterocycles. The highest BCUT2D eigenvalue weighted by Crippen LogP contribution is 2.31. The Hall–Kier alpha value is -1.22. The molecule has 0 saturated heterocycles. The Balaban J connectivity index is 2.41. The summed E-state index contributed by atoms with van der Waals surface area (Å²) in [4.78, 5) is 4.61. The molecule has 0 spiro atoms. The SMILES string of the molecule is CN1CCC(CN)N(C)c2ccccc21. The quantitative estimate of drug-likeness (QED) is 0.750. The van der Waals surface area contributed by atoms with Gasteiger partial charge >= 0.3 is 0 Å². The zero-order valence-electron chi connectivity index (χ0n) is 9.48. The van der Waals surface area contributed by atoms with Crippen molar-refractivity contribution in [2.24, 2.45) is 5.73 Å². The number of likely N-dealkylation sites (N-methyl/N-ethyl adjacent to an activating group) is 1. The van der Waals surface area contributed by atoms with Crippen LogP contribution < -0.4 is 15.5 Å². The van der Waals surface area contributed by atoms with Crippen molar-refractivity contribution in [1.29, 1.82) is 0 Å². The van der Waals surface area contributed by atoms with Crippen LogP contribution in [0.15, 0.2) is 24.3 Å². The van der Waals surface area contributed by atoms with Crippen LogP contribution in [0.3, 0.4) is 0 Å².